The van der Waals surface area contributed by atoms with Gasteiger partial charge in [-0.05, 0) is 68.6 Å². The van der Waals surface area contributed by atoms with E-state index in [2.05, 4.69) is 26.6 Å². The van der Waals surface area contributed by atoms with Gasteiger partial charge in [0.2, 0.25) is 5.91 Å². The summed E-state index contributed by atoms with van der Waals surface area (Å²) in [6.07, 6.45) is 7.38. The van der Waals surface area contributed by atoms with Crippen molar-refractivity contribution < 1.29 is 9.53 Å². The molecule has 3 fully saturated rings. The summed E-state index contributed by atoms with van der Waals surface area (Å²) < 4.78 is 6.37. The van der Waals surface area contributed by atoms with Crippen molar-refractivity contribution in [1.82, 2.24) is 15.1 Å². The van der Waals surface area contributed by atoms with Crippen LogP contribution in [0.25, 0.3) is 0 Å². The third kappa shape index (κ3) is 5.11. The first kappa shape index (κ1) is 19.4. The number of carbonyl (C=O) groups excluding carboxylic acids is 1. The fourth-order valence-corrected chi connectivity index (χ4v) is 5.72. The molecule has 3 aliphatic heterocycles. The highest BCUT2D eigenvalue weighted by Gasteiger charge is 2.42. The minimum absolute atomic E-state index is 0.0365. The van der Waals surface area contributed by atoms with Gasteiger partial charge in [0.1, 0.15) is 0 Å². The lowest BCUT2D eigenvalue weighted by Gasteiger charge is -2.39. The van der Waals surface area contributed by atoms with Crippen LogP contribution in [0.3, 0.4) is 0 Å². The summed E-state index contributed by atoms with van der Waals surface area (Å²) in [5, 5.41) is 5.26. The van der Waals surface area contributed by atoms with Crippen molar-refractivity contribution >= 4 is 17.2 Å². The molecular formula is C21H33N3O2S. The quantitative estimate of drug-likeness (QED) is 0.810. The molecule has 4 heterocycles. The van der Waals surface area contributed by atoms with Gasteiger partial charge in [0.05, 0.1) is 11.7 Å². The van der Waals surface area contributed by atoms with Crippen molar-refractivity contribution in [2.24, 2.45) is 0 Å². The minimum atomic E-state index is 0.0365. The van der Waals surface area contributed by atoms with Gasteiger partial charge in [0, 0.05) is 44.5 Å². The highest BCUT2D eigenvalue weighted by Crippen LogP contribution is 2.39. The minimum Gasteiger partial charge on any atom is -0.370 e. The van der Waals surface area contributed by atoms with Gasteiger partial charge < -0.3 is 10.1 Å². The lowest BCUT2D eigenvalue weighted by atomic mass is 9.88. The Morgan fingerprint density at radius 3 is 2.67 bits per heavy atom. The number of piperidine rings is 1. The maximum absolute atomic E-state index is 11.1. The van der Waals surface area contributed by atoms with Crippen molar-refractivity contribution in [3.8, 4) is 0 Å². The zero-order chi connectivity index (χ0) is 18.7. The summed E-state index contributed by atoms with van der Waals surface area (Å²) in [5.74, 6) is 0.0365. The standard InChI is InChI=1S/C21H33N3O2S/c1-17(25)22-13-19-4-5-21(26-19)6-10-24(11-7-21)15-20-12-18(16-27-20)14-23-8-2-3-9-23/h12,16,19H,2-11,13-15H2,1H3,(H,22,25). The number of thiophene rings is 1. The summed E-state index contributed by atoms with van der Waals surface area (Å²) in [5.41, 5.74) is 1.56. The van der Waals surface area contributed by atoms with E-state index >= 15 is 0 Å². The molecule has 4 rings (SSSR count). The third-order valence-electron chi connectivity index (χ3n) is 6.38. The van der Waals surface area contributed by atoms with E-state index in [1.165, 1.54) is 36.4 Å². The van der Waals surface area contributed by atoms with Gasteiger partial charge in [-0.2, -0.15) is 0 Å². The molecule has 0 aliphatic carbocycles. The maximum atomic E-state index is 11.1. The molecule has 150 valence electrons. The van der Waals surface area contributed by atoms with Crippen LogP contribution in [0.5, 0.6) is 0 Å². The van der Waals surface area contributed by atoms with Gasteiger partial charge >= 0.3 is 0 Å². The molecule has 0 bridgehead atoms. The number of hydrogen-bond acceptors (Lipinski definition) is 5. The summed E-state index contributed by atoms with van der Waals surface area (Å²) in [6, 6.07) is 2.42. The normalized spacial score (nSPS) is 26.0. The number of nitrogens with one attached hydrogen (secondary N) is 1. The molecule has 0 radical (unpaired) electrons. The van der Waals surface area contributed by atoms with Gasteiger partial charge in [-0.1, -0.05) is 0 Å². The van der Waals surface area contributed by atoms with E-state index in [1.807, 2.05) is 11.3 Å². The van der Waals surface area contributed by atoms with Gasteiger partial charge in [-0.3, -0.25) is 14.6 Å². The molecular weight excluding hydrogens is 358 g/mol. The molecule has 1 aromatic rings. The molecule has 5 nitrogen and oxygen atoms in total. The van der Waals surface area contributed by atoms with Crippen molar-refractivity contribution in [3.05, 3.63) is 21.9 Å². The molecule has 0 aromatic carbocycles. The third-order valence-corrected chi connectivity index (χ3v) is 7.35. The first-order chi connectivity index (χ1) is 13.1. The van der Waals surface area contributed by atoms with Crippen LogP contribution < -0.4 is 5.32 Å². The molecule has 27 heavy (non-hydrogen) atoms. The van der Waals surface area contributed by atoms with Gasteiger partial charge in [-0.15, -0.1) is 11.3 Å². The fourth-order valence-electron chi connectivity index (χ4n) is 4.79. The van der Waals surface area contributed by atoms with Crippen LogP contribution in [0, 0.1) is 0 Å². The summed E-state index contributed by atoms with van der Waals surface area (Å²) in [7, 11) is 0. The molecule has 1 aromatic heterocycles. The first-order valence-corrected chi connectivity index (χ1v) is 11.4. The largest absolute Gasteiger partial charge is 0.370 e. The number of likely N-dealkylation sites (tertiary alicyclic amines) is 2. The summed E-state index contributed by atoms with van der Waals surface area (Å²) in [6.45, 7) is 9.21. The van der Waals surface area contributed by atoms with E-state index < -0.39 is 0 Å². The van der Waals surface area contributed by atoms with Crippen LogP contribution in [0.4, 0.5) is 0 Å². The number of ether oxygens (including phenoxy) is 1. The van der Waals surface area contributed by atoms with Crippen LogP contribution in [-0.2, 0) is 22.6 Å². The Morgan fingerprint density at radius 1 is 1.19 bits per heavy atom. The van der Waals surface area contributed by atoms with E-state index in [0.717, 1.165) is 51.9 Å². The first-order valence-electron chi connectivity index (χ1n) is 10.5. The van der Waals surface area contributed by atoms with Gasteiger partial charge in [0.15, 0.2) is 0 Å². The van der Waals surface area contributed by atoms with Crippen LogP contribution in [-0.4, -0.2) is 60.1 Å². The zero-order valence-electron chi connectivity index (χ0n) is 16.5. The summed E-state index contributed by atoms with van der Waals surface area (Å²) >= 11 is 1.92. The molecule has 1 amide bonds. The van der Waals surface area contributed by atoms with Crippen molar-refractivity contribution in [2.75, 3.05) is 32.7 Å². The molecule has 3 aliphatic rings. The SMILES string of the molecule is CC(=O)NCC1CCC2(CCN(Cc3cc(CN4CCCC4)cs3)CC2)O1. The van der Waals surface area contributed by atoms with Gasteiger partial charge in [-0.25, -0.2) is 0 Å². The average molecular weight is 392 g/mol. The highest BCUT2D eigenvalue weighted by atomic mass is 32.1. The average Bonchev–Trinajstić information content (AvgIpc) is 3.39. The van der Waals surface area contributed by atoms with Gasteiger partial charge in [0.25, 0.3) is 0 Å². The summed E-state index contributed by atoms with van der Waals surface area (Å²) in [4.78, 5) is 17.8. The molecule has 6 heteroatoms. The Bertz CT molecular complexity index is 633. The van der Waals surface area contributed by atoms with Crippen LogP contribution in [0.1, 0.15) is 55.9 Å². The highest BCUT2D eigenvalue weighted by molar-refractivity contribution is 7.10. The van der Waals surface area contributed by atoms with Crippen LogP contribution >= 0.6 is 11.3 Å². The molecule has 1 N–H and O–H groups in total. The predicted molar refractivity (Wildman–Crippen MR) is 109 cm³/mol. The molecule has 1 spiro atoms. The Kier molecular flexibility index (Phi) is 6.17. The van der Waals surface area contributed by atoms with Crippen LogP contribution in [0.2, 0.25) is 0 Å². The topological polar surface area (TPSA) is 44.8 Å². The second kappa shape index (κ2) is 8.60. The second-order valence-corrected chi connectivity index (χ2v) is 9.58. The molecule has 3 saturated heterocycles. The number of nitrogens with zero attached hydrogens (tertiary/aromatic N) is 2. The lowest BCUT2D eigenvalue weighted by molar-refractivity contribution is -0.120. The smallest absolute Gasteiger partial charge is 0.216 e. The molecule has 0 saturated carbocycles. The molecule has 1 atom stereocenters. The Morgan fingerprint density at radius 2 is 1.93 bits per heavy atom. The van der Waals surface area contributed by atoms with E-state index in [0.29, 0.717) is 6.54 Å². The fraction of sp³-hybridized carbons (Fsp3) is 0.762. The number of carbonyl (C=O) groups is 1. The van der Waals surface area contributed by atoms with E-state index in [4.69, 9.17) is 4.74 Å². The Hall–Kier alpha value is -0.950. The maximum Gasteiger partial charge on any atom is 0.216 e. The number of rotatable bonds is 6. The zero-order valence-corrected chi connectivity index (χ0v) is 17.4. The van der Waals surface area contributed by atoms with Crippen molar-refractivity contribution in [3.63, 3.8) is 0 Å². The van der Waals surface area contributed by atoms with E-state index in [-0.39, 0.29) is 17.6 Å². The predicted octanol–water partition coefficient (Wildman–Crippen LogP) is 2.99. The Labute approximate surface area is 167 Å². The lowest BCUT2D eigenvalue weighted by Crippen LogP contribution is -2.44. The second-order valence-electron chi connectivity index (χ2n) is 8.58. The van der Waals surface area contributed by atoms with Crippen molar-refractivity contribution in [2.45, 2.75) is 70.2 Å². The van der Waals surface area contributed by atoms with E-state index in [1.54, 1.807) is 6.92 Å². The number of amides is 1. The van der Waals surface area contributed by atoms with Crippen LogP contribution in [0.15, 0.2) is 11.4 Å². The monoisotopic (exact) mass is 391 g/mol. The van der Waals surface area contributed by atoms with Crippen molar-refractivity contribution in [1.29, 1.82) is 0 Å². The number of hydrogen-bond donors (Lipinski definition) is 1. The molecule has 1 unspecified atom stereocenters. The Balaban J connectivity index is 1.22. The van der Waals surface area contributed by atoms with E-state index in [9.17, 15) is 4.79 Å².